The fourth-order valence-electron chi connectivity index (χ4n) is 2.22. The minimum absolute atomic E-state index is 0.174. The van der Waals surface area contributed by atoms with Crippen LogP contribution in [0.4, 0.5) is 0 Å². The van der Waals surface area contributed by atoms with E-state index in [1.165, 1.54) is 12.3 Å². The second-order valence-corrected chi connectivity index (χ2v) is 5.39. The maximum Gasteiger partial charge on any atom is 0.268 e. The number of aromatic nitrogens is 2. The maximum atomic E-state index is 12.1. The quantitative estimate of drug-likeness (QED) is 0.724. The molecule has 0 fully saturated rings. The second kappa shape index (κ2) is 7.92. The molecule has 0 aliphatic carbocycles. The minimum atomic E-state index is -0.365. The third-order valence-corrected chi connectivity index (χ3v) is 3.53. The number of hydrogen-bond donors (Lipinski definition) is 2. The molecule has 6 heteroatoms. The molecular weight excluding hydrogens is 318 g/mol. The van der Waals surface area contributed by atoms with Gasteiger partial charge in [-0.1, -0.05) is 36.4 Å². The first-order valence-corrected chi connectivity index (χ1v) is 7.79. The average Bonchev–Trinajstić information content (AvgIpc) is 2.66. The lowest BCUT2D eigenvalue weighted by molar-refractivity contribution is 0.0945. The van der Waals surface area contributed by atoms with Crippen LogP contribution in [0.25, 0.3) is 0 Å². The molecule has 1 amide bonds. The summed E-state index contributed by atoms with van der Waals surface area (Å²) in [5, 5.41) is 2.73. The summed E-state index contributed by atoms with van der Waals surface area (Å²) in [6, 6.07) is 14.4. The summed E-state index contributed by atoms with van der Waals surface area (Å²) < 4.78 is 5.50. The summed E-state index contributed by atoms with van der Waals surface area (Å²) in [5.41, 5.74) is 1.67. The molecule has 3 aromatic rings. The van der Waals surface area contributed by atoms with Crippen LogP contribution < -0.4 is 15.5 Å². The topological polar surface area (TPSA) is 84.1 Å². The standard InChI is InChI=1S/C19H17N3O3/c23-17-9-16(19(24)22-11-15-7-4-8-20-10-15)21-12-18(17)25-13-14-5-2-1-3-6-14/h1-10,12H,11,13H2,(H,21,23)(H,22,24). The first-order chi connectivity index (χ1) is 12.2. The monoisotopic (exact) mass is 335 g/mol. The molecule has 0 spiro atoms. The maximum absolute atomic E-state index is 12.1. The number of amides is 1. The molecule has 3 rings (SSSR count). The van der Waals surface area contributed by atoms with Gasteiger partial charge >= 0.3 is 0 Å². The lowest BCUT2D eigenvalue weighted by atomic mass is 10.2. The van der Waals surface area contributed by atoms with Gasteiger partial charge in [-0.3, -0.25) is 14.6 Å². The number of aromatic amines is 1. The van der Waals surface area contributed by atoms with Gasteiger partial charge in [0.25, 0.3) is 5.91 Å². The molecule has 2 heterocycles. The number of benzene rings is 1. The number of nitrogens with one attached hydrogen (secondary N) is 2. The molecule has 126 valence electrons. The summed E-state index contributed by atoms with van der Waals surface area (Å²) in [7, 11) is 0. The van der Waals surface area contributed by atoms with Crippen LogP contribution in [-0.4, -0.2) is 15.9 Å². The molecule has 0 saturated carbocycles. The molecule has 0 bridgehead atoms. The minimum Gasteiger partial charge on any atom is -0.483 e. The van der Waals surface area contributed by atoms with E-state index in [0.29, 0.717) is 6.54 Å². The highest BCUT2D eigenvalue weighted by Gasteiger charge is 2.09. The van der Waals surface area contributed by atoms with E-state index in [1.807, 2.05) is 36.4 Å². The zero-order chi connectivity index (χ0) is 17.5. The van der Waals surface area contributed by atoms with E-state index in [0.717, 1.165) is 11.1 Å². The lowest BCUT2D eigenvalue weighted by Gasteiger charge is -2.08. The van der Waals surface area contributed by atoms with Gasteiger partial charge in [-0.05, 0) is 17.2 Å². The van der Waals surface area contributed by atoms with Gasteiger partial charge in [0.2, 0.25) is 5.43 Å². The van der Waals surface area contributed by atoms with Crippen LogP contribution in [0.5, 0.6) is 5.75 Å². The summed E-state index contributed by atoms with van der Waals surface area (Å²) >= 11 is 0. The highest BCUT2D eigenvalue weighted by molar-refractivity contribution is 5.92. The van der Waals surface area contributed by atoms with E-state index < -0.39 is 0 Å². The Kier molecular flexibility index (Phi) is 5.21. The van der Waals surface area contributed by atoms with Gasteiger partial charge in [-0.15, -0.1) is 0 Å². The normalized spacial score (nSPS) is 10.2. The number of rotatable bonds is 6. The summed E-state index contributed by atoms with van der Waals surface area (Å²) in [6.07, 6.45) is 4.74. The molecule has 0 radical (unpaired) electrons. The largest absolute Gasteiger partial charge is 0.483 e. The van der Waals surface area contributed by atoms with Crippen molar-refractivity contribution in [1.82, 2.24) is 15.3 Å². The summed E-state index contributed by atoms with van der Waals surface area (Å²) in [6.45, 7) is 0.622. The van der Waals surface area contributed by atoms with Gasteiger partial charge < -0.3 is 15.0 Å². The average molecular weight is 335 g/mol. The van der Waals surface area contributed by atoms with E-state index in [2.05, 4.69) is 15.3 Å². The Morgan fingerprint density at radius 2 is 1.92 bits per heavy atom. The van der Waals surface area contributed by atoms with Crippen LogP contribution in [0, 0.1) is 0 Å². The first-order valence-electron chi connectivity index (χ1n) is 7.79. The number of pyridine rings is 2. The van der Waals surface area contributed by atoms with E-state index in [4.69, 9.17) is 4.74 Å². The fourth-order valence-corrected chi connectivity index (χ4v) is 2.22. The fraction of sp³-hybridized carbons (Fsp3) is 0.105. The van der Waals surface area contributed by atoms with Crippen LogP contribution in [0.1, 0.15) is 21.6 Å². The molecule has 0 saturated heterocycles. The van der Waals surface area contributed by atoms with Gasteiger partial charge in [0, 0.05) is 31.2 Å². The molecule has 0 aliphatic rings. The smallest absolute Gasteiger partial charge is 0.268 e. The van der Waals surface area contributed by atoms with Gasteiger partial charge in [-0.25, -0.2) is 0 Å². The number of nitrogens with zero attached hydrogens (tertiary/aromatic N) is 1. The van der Waals surface area contributed by atoms with Gasteiger partial charge in [0.15, 0.2) is 5.75 Å². The number of ether oxygens (including phenoxy) is 1. The van der Waals surface area contributed by atoms with E-state index in [-0.39, 0.29) is 29.4 Å². The van der Waals surface area contributed by atoms with Crippen molar-refractivity contribution in [2.24, 2.45) is 0 Å². The Morgan fingerprint density at radius 1 is 1.12 bits per heavy atom. The van der Waals surface area contributed by atoms with Crippen molar-refractivity contribution in [3.8, 4) is 5.75 Å². The second-order valence-electron chi connectivity index (χ2n) is 5.39. The number of carbonyl (C=O) groups excluding carboxylic acids is 1. The van der Waals surface area contributed by atoms with Crippen LogP contribution >= 0.6 is 0 Å². The Balaban J connectivity index is 1.61. The molecule has 1 aromatic carbocycles. The molecule has 0 unspecified atom stereocenters. The molecule has 0 aliphatic heterocycles. The lowest BCUT2D eigenvalue weighted by Crippen LogP contribution is -2.25. The van der Waals surface area contributed by atoms with Crippen molar-refractivity contribution in [3.63, 3.8) is 0 Å². The number of H-pyrrole nitrogens is 1. The summed E-state index contributed by atoms with van der Waals surface area (Å²) in [4.78, 5) is 31.0. The van der Waals surface area contributed by atoms with Gasteiger partial charge in [0.05, 0.1) is 0 Å². The van der Waals surface area contributed by atoms with Crippen LogP contribution in [0.15, 0.2) is 71.9 Å². The van der Waals surface area contributed by atoms with Crippen LogP contribution in [0.3, 0.4) is 0 Å². The van der Waals surface area contributed by atoms with E-state index in [1.54, 1.807) is 18.5 Å². The zero-order valence-corrected chi connectivity index (χ0v) is 13.4. The third kappa shape index (κ3) is 4.54. The highest BCUT2D eigenvalue weighted by atomic mass is 16.5. The Labute approximate surface area is 144 Å². The predicted molar refractivity (Wildman–Crippen MR) is 93.2 cm³/mol. The van der Waals surface area contributed by atoms with Crippen molar-refractivity contribution in [3.05, 3.63) is 94.2 Å². The SMILES string of the molecule is O=C(NCc1cccnc1)c1cc(=O)c(OCc2ccccc2)c[nH]1. The summed E-state index contributed by atoms with van der Waals surface area (Å²) in [5.74, 6) is -0.191. The zero-order valence-electron chi connectivity index (χ0n) is 13.4. The molecule has 0 atom stereocenters. The Morgan fingerprint density at radius 3 is 2.64 bits per heavy atom. The molecule has 2 N–H and O–H groups in total. The van der Waals surface area contributed by atoms with Gasteiger partial charge in [-0.2, -0.15) is 0 Å². The predicted octanol–water partition coefficient (Wildman–Crippen LogP) is 2.28. The number of hydrogen-bond acceptors (Lipinski definition) is 4. The van der Waals surface area contributed by atoms with Crippen molar-refractivity contribution in [2.45, 2.75) is 13.2 Å². The highest BCUT2D eigenvalue weighted by Crippen LogP contribution is 2.07. The van der Waals surface area contributed by atoms with Crippen molar-refractivity contribution in [2.75, 3.05) is 0 Å². The molecular formula is C19H17N3O3. The molecule has 25 heavy (non-hydrogen) atoms. The first kappa shape index (κ1) is 16.4. The Bertz CT molecular complexity index is 893. The third-order valence-electron chi connectivity index (χ3n) is 3.53. The van der Waals surface area contributed by atoms with Crippen LogP contribution in [0.2, 0.25) is 0 Å². The van der Waals surface area contributed by atoms with E-state index in [9.17, 15) is 9.59 Å². The van der Waals surface area contributed by atoms with E-state index >= 15 is 0 Å². The molecule has 6 nitrogen and oxygen atoms in total. The Hall–Kier alpha value is -3.41. The van der Waals surface area contributed by atoms with Crippen molar-refractivity contribution >= 4 is 5.91 Å². The number of carbonyl (C=O) groups is 1. The van der Waals surface area contributed by atoms with Crippen molar-refractivity contribution in [1.29, 1.82) is 0 Å². The van der Waals surface area contributed by atoms with Crippen molar-refractivity contribution < 1.29 is 9.53 Å². The molecule has 2 aromatic heterocycles. The van der Waals surface area contributed by atoms with Gasteiger partial charge in [0.1, 0.15) is 12.3 Å². The van der Waals surface area contributed by atoms with Crippen LogP contribution in [-0.2, 0) is 13.2 Å².